The van der Waals surface area contributed by atoms with E-state index in [1.807, 2.05) is 18.7 Å². The van der Waals surface area contributed by atoms with Gasteiger partial charge in [0.05, 0.1) is 23.1 Å². The number of nitrogens with two attached hydrogens (primary N) is 1. The van der Waals surface area contributed by atoms with Crippen molar-refractivity contribution in [3.8, 4) is 5.75 Å². The number of carbonyl (C=O) groups excluding carboxylic acids is 5. The molecule has 4 aliphatic rings. The molecular weight excluding hydrogens is 559 g/mol. The molecule has 1 saturated heterocycles. The van der Waals surface area contributed by atoms with E-state index in [2.05, 4.69) is 0 Å². The first kappa shape index (κ1) is 30.3. The summed E-state index contributed by atoms with van der Waals surface area (Å²) in [6, 6.07) is -0.432. The monoisotopic (exact) mass is 593 g/mol. The SMILES string of the molecule is CN(C)[C@@H]1C(=O)C(C(N)=O)C(=O)[C@@]2(O)C(=O)C3C(=O)c4c(O)cc(CN5CCC(C)(C)C5)c(C(F)(F)F)c4C[C@H]3C[C@@H]12. The number of Topliss-reactive ketones (excluding diaryl/α,β-unsaturated/α-hetero) is 4. The summed E-state index contributed by atoms with van der Waals surface area (Å²) in [5.74, 6) is -13.3. The number of likely N-dealkylation sites (N-methyl/N-ethyl adjacent to an activating group) is 1. The predicted octanol–water partition coefficient (Wildman–Crippen LogP) is 1.12. The van der Waals surface area contributed by atoms with Crippen LogP contribution in [-0.4, -0.2) is 87.9 Å². The van der Waals surface area contributed by atoms with Crippen molar-refractivity contribution in [2.24, 2.45) is 34.8 Å². The van der Waals surface area contributed by atoms with Crippen LogP contribution in [0.15, 0.2) is 6.07 Å². The molecule has 6 atom stereocenters. The van der Waals surface area contributed by atoms with Gasteiger partial charge in [-0.3, -0.25) is 33.8 Å². The largest absolute Gasteiger partial charge is 0.507 e. The molecule has 4 N–H and O–H groups in total. The highest BCUT2D eigenvalue weighted by Crippen LogP contribution is 2.53. The third-order valence-electron chi connectivity index (χ3n) is 9.58. The molecule has 5 rings (SSSR count). The Bertz CT molecular complexity index is 1420. The van der Waals surface area contributed by atoms with E-state index in [-0.39, 0.29) is 23.9 Å². The number of halogens is 3. The third kappa shape index (κ3) is 4.39. The zero-order valence-electron chi connectivity index (χ0n) is 23.7. The van der Waals surface area contributed by atoms with E-state index >= 15 is 0 Å². The van der Waals surface area contributed by atoms with Crippen LogP contribution in [0.4, 0.5) is 13.2 Å². The van der Waals surface area contributed by atoms with Crippen molar-refractivity contribution in [1.82, 2.24) is 9.80 Å². The molecule has 3 fully saturated rings. The van der Waals surface area contributed by atoms with Gasteiger partial charge in [0.25, 0.3) is 0 Å². The van der Waals surface area contributed by atoms with Gasteiger partial charge in [-0.25, -0.2) is 0 Å². The summed E-state index contributed by atoms with van der Waals surface area (Å²) in [6.07, 6.45) is -4.90. The maximum atomic E-state index is 14.7. The summed E-state index contributed by atoms with van der Waals surface area (Å²) in [5, 5.41) is 22.5. The number of aliphatic hydroxyl groups is 1. The van der Waals surface area contributed by atoms with E-state index in [1.165, 1.54) is 19.0 Å². The highest BCUT2D eigenvalue weighted by molar-refractivity contribution is 6.32. The number of amides is 1. The van der Waals surface area contributed by atoms with Crippen LogP contribution in [0.3, 0.4) is 0 Å². The lowest BCUT2D eigenvalue weighted by atomic mass is 9.52. The van der Waals surface area contributed by atoms with E-state index in [0.717, 1.165) is 12.5 Å². The second-order valence-electron chi connectivity index (χ2n) is 13.2. The van der Waals surface area contributed by atoms with Gasteiger partial charge in [0, 0.05) is 19.0 Å². The number of phenolic OH excluding ortho intramolecular Hbond substituents is 1. The molecule has 1 aromatic rings. The van der Waals surface area contributed by atoms with Crippen LogP contribution in [0, 0.1) is 29.1 Å². The molecule has 13 heteroatoms. The molecule has 0 aromatic heterocycles. The summed E-state index contributed by atoms with van der Waals surface area (Å²) >= 11 is 0. The number of likely N-dealkylation sites (tertiary alicyclic amines) is 1. The molecule has 0 spiro atoms. The number of primary amides is 1. The van der Waals surface area contributed by atoms with Gasteiger partial charge >= 0.3 is 6.18 Å². The molecule has 42 heavy (non-hydrogen) atoms. The highest BCUT2D eigenvalue weighted by Gasteiger charge is 2.69. The molecule has 0 bridgehead atoms. The number of hydrogen-bond acceptors (Lipinski definition) is 9. The minimum atomic E-state index is -4.90. The summed E-state index contributed by atoms with van der Waals surface area (Å²) in [7, 11) is 2.86. The highest BCUT2D eigenvalue weighted by atomic mass is 19.4. The number of phenols is 1. The zero-order valence-corrected chi connectivity index (χ0v) is 23.7. The summed E-state index contributed by atoms with van der Waals surface area (Å²) in [5.41, 5.74) is -0.0941. The maximum absolute atomic E-state index is 14.7. The number of fused-ring (bicyclic) bond motifs is 3. The number of benzene rings is 1. The Hall–Kier alpha value is -3.16. The first-order valence-electron chi connectivity index (χ1n) is 13.8. The fourth-order valence-electron chi connectivity index (χ4n) is 7.82. The molecule has 2 unspecified atom stereocenters. The van der Waals surface area contributed by atoms with Crippen molar-refractivity contribution in [3.05, 3.63) is 28.3 Å². The molecule has 2 saturated carbocycles. The van der Waals surface area contributed by atoms with Crippen molar-refractivity contribution in [2.45, 2.75) is 57.5 Å². The minimum absolute atomic E-state index is 0.0948. The van der Waals surface area contributed by atoms with Gasteiger partial charge in [-0.1, -0.05) is 13.8 Å². The van der Waals surface area contributed by atoms with Gasteiger partial charge in [0.2, 0.25) is 5.91 Å². The first-order chi connectivity index (χ1) is 19.3. The Kier molecular flexibility index (Phi) is 6.98. The lowest BCUT2D eigenvalue weighted by Gasteiger charge is -2.52. The quantitative estimate of drug-likeness (QED) is 0.435. The van der Waals surface area contributed by atoms with Gasteiger partial charge in [0.1, 0.15) is 5.75 Å². The summed E-state index contributed by atoms with van der Waals surface area (Å²) < 4.78 is 44.0. The Morgan fingerprint density at radius 2 is 1.81 bits per heavy atom. The number of rotatable bonds is 4. The van der Waals surface area contributed by atoms with E-state index < -0.39 is 99.4 Å². The van der Waals surface area contributed by atoms with Crippen molar-refractivity contribution in [3.63, 3.8) is 0 Å². The molecule has 1 amide bonds. The number of nitrogens with zero attached hydrogens (tertiary/aromatic N) is 2. The van der Waals surface area contributed by atoms with Crippen LogP contribution in [0.1, 0.15) is 53.7 Å². The standard InChI is InChI=1S/C29H34F3N3O7/c1-27(2)5-6-35(11-27)10-13-9-16(36)18-14(20(13)29(30,31)32)7-12-8-15-21(34(3)4)23(38)19(26(33)41)25(40)28(15,42)24(39)17(12)22(18)37/h9,12,15,17,19,21,36,42H,5-8,10-11H2,1-4H3,(H2,33,41)/t12-,15-,17?,19?,21-,28-/m0/s1. The number of alkyl halides is 3. The molecular formula is C29H34F3N3O7. The first-order valence-corrected chi connectivity index (χ1v) is 13.8. The minimum Gasteiger partial charge on any atom is -0.507 e. The summed E-state index contributed by atoms with van der Waals surface area (Å²) in [4.78, 5) is 69.4. The van der Waals surface area contributed by atoms with Crippen LogP contribution < -0.4 is 5.73 Å². The van der Waals surface area contributed by atoms with E-state index in [1.54, 1.807) is 0 Å². The van der Waals surface area contributed by atoms with Crippen molar-refractivity contribution < 1.29 is 47.4 Å². The molecule has 0 radical (unpaired) electrons. The van der Waals surface area contributed by atoms with Crippen molar-refractivity contribution >= 4 is 29.0 Å². The number of aromatic hydroxyl groups is 1. The smallest absolute Gasteiger partial charge is 0.417 e. The third-order valence-corrected chi connectivity index (χ3v) is 9.58. The molecule has 1 aromatic carbocycles. The van der Waals surface area contributed by atoms with Crippen molar-refractivity contribution in [2.75, 3.05) is 27.2 Å². The van der Waals surface area contributed by atoms with Gasteiger partial charge in [-0.2, -0.15) is 13.2 Å². The molecule has 1 aliphatic heterocycles. The van der Waals surface area contributed by atoms with Gasteiger partial charge in [0.15, 0.2) is 34.7 Å². The Balaban J connectivity index is 1.63. The normalized spacial score (nSPS) is 33.0. The van der Waals surface area contributed by atoms with Crippen LogP contribution in [0.25, 0.3) is 0 Å². The molecule has 10 nitrogen and oxygen atoms in total. The average molecular weight is 594 g/mol. The second-order valence-corrected chi connectivity index (χ2v) is 13.2. The van der Waals surface area contributed by atoms with Crippen LogP contribution in [0.5, 0.6) is 5.75 Å². The van der Waals surface area contributed by atoms with Gasteiger partial charge in [-0.05, 0) is 68.4 Å². The van der Waals surface area contributed by atoms with Crippen LogP contribution >= 0.6 is 0 Å². The maximum Gasteiger partial charge on any atom is 0.417 e. The Labute approximate surface area is 240 Å². The number of ketones is 4. The molecule has 1 heterocycles. The lowest BCUT2D eigenvalue weighted by molar-refractivity contribution is -0.181. The fourth-order valence-corrected chi connectivity index (χ4v) is 7.82. The predicted molar refractivity (Wildman–Crippen MR) is 140 cm³/mol. The average Bonchev–Trinajstić information content (AvgIpc) is 3.17. The van der Waals surface area contributed by atoms with Crippen LogP contribution in [-0.2, 0) is 38.3 Å². The fraction of sp³-hybridized carbons (Fsp3) is 0.621. The van der Waals surface area contributed by atoms with E-state index in [4.69, 9.17) is 5.73 Å². The zero-order chi connectivity index (χ0) is 31.3. The van der Waals surface area contributed by atoms with Gasteiger partial charge in [-0.15, -0.1) is 0 Å². The lowest BCUT2D eigenvalue weighted by Crippen LogP contribution is -2.74. The topological polar surface area (TPSA) is 158 Å². The summed E-state index contributed by atoms with van der Waals surface area (Å²) in [6.45, 7) is 5.01. The van der Waals surface area contributed by atoms with Crippen molar-refractivity contribution in [1.29, 1.82) is 0 Å². The van der Waals surface area contributed by atoms with E-state index in [9.17, 15) is 47.4 Å². The van der Waals surface area contributed by atoms with E-state index in [0.29, 0.717) is 13.1 Å². The number of hydrogen-bond donors (Lipinski definition) is 3. The number of carbonyl (C=O) groups is 5. The molecule has 228 valence electrons. The Morgan fingerprint density at radius 3 is 2.33 bits per heavy atom. The van der Waals surface area contributed by atoms with Gasteiger partial charge < -0.3 is 15.9 Å². The second kappa shape index (κ2) is 9.68. The van der Waals surface area contributed by atoms with Crippen LogP contribution in [0.2, 0.25) is 0 Å². The molecule has 3 aliphatic carbocycles. The Morgan fingerprint density at radius 1 is 1.17 bits per heavy atom.